The molecule has 0 radical (unpaired) electrons. The summed E-state index contributed by atoms with van der Waals surface area (Å²) >= 11 is 11.6. The van der Waals surface area contributed by atoms with Gasteiger partial charge in [0, 0.05) is 41.2 Å². The Bertz CT molecular complexity index is 416. The summed E-state index contributed by atoms with van der Waals surface area (Å²) in [7, 11) is 0. The van der Waals surface area contributed by atoms with Gasteiger partial charge in [0.1, 0.15) is 0 Å². The van der Waals surface area contributed by atoms with Gasteiger partial charge in [-0.1, -0.05) is 24.6 Å². The molecule has 2 N–H and O–H groups in total. The summed E-state index contributed by atoms with van der Waals surface area (Å²) in [5.41, 5.74) is 7.22. The molecular formula is C13H18BrClN2S. The molecule has 0 spiro atoms. The SMILES string of the molecule is CC1CN(C(CN)c2ccc(Cl)c(Br)c2)CCS1. The van der Waals surface area contributed by atoms with Gasteiger partial charge < -0.3 is 5.73 Å². The van der Waals surface area contributed by atoms with Gasteiger partial charge in [0.2, 0.25) is 0 Å². The van der Waals surface area contributed by atoms with Crippen LogP contribution in [0.3, 0.4) is 0 Å². The highest BCUT2D eigenvalue weighted by Crippen LogP contribution is 2.30. The van der Waals surface area contributed by atoms with Crippen LogP contribution >= 0.6 is 39.3 Å². The summed E-state index contributed by atoms with van der Waals surface area (Å²) in [6.45, 7) is 5.14. The highest BCUT2D eigenvalue weighted by molar-refractivity contribution is 9.10. The van der Waals surface area contributed by atoms with Gasteiger partial charge in [0.25, 0.3) is 0 Å². The quantitative estimate of drug-likeness (QED) is 0.905. The lowest BCUT2D eigenvalue weighted by molar-refractivity contribution is 0.211. The van der Waals surface area contributed by atoms with Gasteiger partial charge in [0.05, 0.1) is 5.02 Å². The van der Waals surface area contributed by atoms with E-state index in [-0.39, 0.29) is 0 Å². The lowest BCUT2D eigenvalue weighted by Crippen LogP contribution is -2.42. The van der Waals surface area contributed by atoms with Crippen LogP contribution in [0.15, 0.2) is 22.7 Å². The Hall–Kier alpha value is 0.260. The van der Waals surface area contributed by atoms with Crippen LogP contribution in [0.2, 0.25) is 5.02 Å². The Morgan fingerprint density at radius 3 is 3.00 bits per heavy atom. The molecule has 18 heavy (non-hydrogen) atoms. The third-order valence-corrected chi connectivity index (χ3v) is 5.62. The first-order valence-electron chi connectivity index (χ1n) is 6.12. The summed E-state index contributed by atoms with van der Waals surface area (Å²) in [5, 5.41) is 1.43. The van der Waals surface area contributed by atoms with E-state index in [2.05, 4.69) is 39.9 Å². The highest BCUT2D eigenvalue weighted by Gasteiger charge is 2.24. The molecule has 2 unspecified atom stereocenters. The summed E-state index contributed by atoms with van der Waals surface area (Å²) in [6.07, 6.45) is 0. The van der Waals surface area contributed by atoms with E-state index in [0.29, 0.717) is 17.8 Å². The van der Waals surface area contributed by atoms with E-state index >= 15 is 0 Å². The van der Waals surface area contributed by atoms with Crippen molar-refractivity contribution in [1.82, 2.24) is 4.90 Å². The van der Waals surface area contributed by atoms with E-state index in [4.69, 9.17) is 17.3 Å². The standard InChI is InChI=1S/C13H18BrClN2S/c1-9-8-17(4-5-18-9)13(7-16)10-2-3-12(15)11(14)6-10/h2-3,6,9,13H,4-5,7-8,16H2,1H3. The van der Waals surface area contributed by atoms with Gasteiger partial charge in [-0.2, -0.15) is 11.8 Å². The molecular weight excluding hydrogens is 332 g/mol. The summed E-state index contributed by atoms with van der Waals surface area (Å²) in [4.78, 5) is 2.48. The molecule has 1 saturated heterocycles. The lowest BCUT2D eigenvalue weighted by atomic mass is 10.0. The fourth-order valence-electron chi connectivity index (χ4n) is 2.34. The van der Waals surface area contributed by atoms with Crippen LogP contribution in [0.25, 0.3) is 0 Å². The average Bonchev–Trinajstić information content (AvgIpc) is 2.35. The molecule has 0 amide bonds. The van der Waals surface area contributed by atoms with Crippen molar-refractivity contribution in [3.63, 3.8) is 0 Å². The van der Waals surface area contributed by atoms with Gasteiger partial charge in [-0.05, 0) is 33.6 Å². The molecule has 0 aromatic heterocycles. The minimum Gasteiger partial charge on any atom is -0.329 e. The van der Waals surface area contributed by atoms with Crippen LogP contribution in [0.1, 0.15) is 18.5 Å². The number of thioether (sulfide) groups is 1. The molecule has 2 nitrogen and oxygen atoms in total. The Kier molecular flexibility index (Phi) is 5.39. The number of hydrogen-bond acceptors (Lipinski definition) is 3. The molecule has 1 aliphatic rings. The zero-order valence-corrected chi connectivity index (χ0v) is 13.6. The van der Waals surface area contributed by atoms with E-state index in [1.807, 2.05) is 17.8 Å². The molecule has 0 saturated carbocycles. The Morgan fingerprint density at radius 1 is 1.61 bits per heavy atom. The van der Waals surface area contributed by atoms with Crippen LogP contribution in [-0.2, 0) is 0 Å². The van der Waals surface area contributed by atoms with Crippen molar-refractivity contribution in [2.24, 2.45) is 5.73 Å². The van der Waals surface area contributed by atoms with Crippen LogP contribution in [0.4, 0.5) is 0 Å². The molecule has 2 atom stereocenters. The Morgan fingerprint density at radius 2 is 2.39 bits per heavy atom. The number of rotatable bonds is 3. The van der Waals surface area contributed by atoms with Crippen molar-refractivity contribution in [2.75, 3.05) is 25.4 Å². The van der Waals surface area contributed by atoms with E-state index in [0.717, 1.165) is 22.6 Å². The van der Waals surface area contributed by atoms with Crippen LogP contribution in [0, 0.1) is 0 Å². The normalized spacial score (nSPS) is 23.0. The predicted octanol–water partition coefficient (Wildman–Crippen LogP) is 3.54. The first kappa shape index (κ1) is 14.7. The lowest BCUT2D eigenvalue weighted by Gasteiger charge is -2.36. The predicted molar refractivity (Wildman–Crippen MR) is 84.4 cm³/mol. The molecule has 0 bridgehead atoms. The second-order valence-corrected chi connectivity index (χ2v) is 7.41. The topological polar surface area (TPSA) is 29.3 Å². The Balaban J connectivity index is 2.18. The highest BCUT2D eigenvalue weighted by atomic mass is 79.9. The molecule has 1 fully saturated rings. The molecule has 2 rings (SSSR count). The second kappa shape index (κ2) is 6.62. The number of nitrogens with zero attached hydrogens (tertiary/aromatic N) is 1. The second-order valence-electron chi connectivity index (χ2n) is 4.60. The van der Waals surface area contributed by atoms with Crippen molar-refractivity contribution in [2.45, 2.75) is 18.2 Å². The number of nitrogens with two attached hydrogens (primary N) is 1. The number of hydrogen-bond donors (Lipinski definition) is 1. The van der Waals surface area contributed by atoms with Crippen molar-refractivity contribution in [3.05, 3.63) is 33.3 Å². The average molecular weight is 350 g/mol. The van der Waals surface area contributed by atoms with E-state index in [9.17, 15) is 0 Å². The molecule has 1 heterocycles. The zero-order chi connectivity index (χ0) is 13.1. The minimum atomic E-state index is 0.293. The third kappa shape index (κ3) is 3.42. The van der Waals surface area contributed by atoms with Gasteiger partial charge in [-0.15, -0.1) is 0 Å². The largest absolute Gasteiger partial charge is 0.329 e. The molecule has 0 aliphatic carbocycles. The molecule has 1 aromatic carbocycles. The summed E-state index contributed by atoms with van der Waals surface area (Å²) < 4.78 is 0.944. The van der Waals surface area contributed by atoms with E-state index in [1.54, 1.807) is 0 Å². The fourth-order valence-corrected chi connectivity index (χ4v) is 3.90. The zero-order valence-electron chi connectivity index (χ0n) is 10.4. The maximum atomic E-state index is 6.04. The van der Waals surface area contributed by atoms with Crippen LogP contribution in [-0.4, -0.2) is 35.5 Å². The maximum Gasteiger partial charge on any atom is 0.0548 e. The Labute approximate surface area is 126 Å². The van der Waals surface area contributed by atoms with Crippen molar-refractivity contribution >= 4 is 39.3 Å². The molecule has 5 heteroatoms. The molecule has 100 valence electrons. The first-order valence-corrected chi connectivity index (χ1v) is 8.34. The van der Waals surface area contributed by atoms with Gasteiger partial charge >= 0.3 is 0 Å². The van der Waals surface area contributed by atoms with Crippen molar-refractivity contribution < 1.29 is 0 Å². The number of benzene rings is 1. The van der Waals surface area contributed by atoms with Gasteiger partial charge in [-0.25, -0.2) is 0 Å². The molecule has 1 aromatic rings. The maximum absolute atomic E-state index is 6.04. The number of halogens is 2. The van der Waals surface area contributed by atoms with Crippen molar-refractivity contribution in [3.8, 4) is 0 Å². The van der Waals surface area contributed by atoms with Gasteiger partial charge in [-0.3, -0.25) is 4.90 Å². The van der Waals surface area contributed by atoms with Crippen molar-refractivity contribution in [1.29, 1.82) is 0 Å². The van der Waals surface area contributed by atoms with E-state index in [1.165, 1.54) is 11.3 Å². The summed E-state index contributed by atoms with van der Waals surface area (Å²) in [5.74, 6) is 1.19. The van der Waals surface area contributed by atoms with E-state index < -0.39 is 0 Å². The minimum absolute atomic E-state index is 0.293. The first-order chi connectivity index (χ1) is 8.61. The summed E-state index contributed by atoms with van der Waals surface area (Å²) in [6, 6.07) is 6.40. The smallest absolute Gasteiger partial charge is 0.0548 e. The van der Waals surface area contributed by atoms with Gasteiger partial charge in [0.15, 0.2) is 0 Å². The molecule has 1 aliphatic heterocycles. The fraction of sp³-hybridized carbons (Fsp3) is 0.538. The van der Waals surface area contributed by atoms with Crippen LogP contribution < -0.4 is 5.73 Å². The third-order valence-electron chi connectivity index (χ3n) is 3.26. The monoisotopic (exact) mass is 348 g/mol. The van der Waals surface area contributed by atoms with Crippen LogP contribution in [0.5, 0.6) is 0 Å².